The number of hydrogen-bond donors (Lipinski definition) is 0. The number of rotatable bonds is 11. The Morgan fingerprint density at radius 2 is 1.51 bits per heavy atom. The van der Waals surface area contributed by atoms with E-state index in [9.17, 15) is 4.79 Å². The third kappa shape index (κ3) is 8.34. The lowest BCUT2D eigenvalue weighted by molar-refractivity contribution is 0.0745. The van der Waals surface area contributed by atoms with Crippen LogP contribution in [0.5, 0.6) is 0 Å². The summed E-state index contributed by atoms with van der Waals surface area (Å²) in [6.07, 6.45) is 7.06. The van der Waals surface area contributed by atoms with Crippen LogP contribution in [0.25, 0.3) is 0 Å². The molecule has 212 valence electrons. The Morgan fingerprint density at radius 1 is 0.854 bits per heavy atom. The maximum Gasteiger partial charge on any atom is 0.254 e. The van der Waals surface area contributed by atoms with E-state index in [0.717, 1.165) is 23.4 Å². The number of aromatic nitrogens is 2. The molecule has 0 radical (unpaired) electrons. The molecule has 0 unspecified atom stereocenters. The van der Waals surface area contributed by atoms with Gasteiger partial charge in [0.2, 0.25) is 0 Å². The first kappa shape index (κ1) is 29.2. The quantitative estimate of drug-likeness (QED) is 0.101. The average Bonchev–Trinajstić information content (AvgIpc) is 3.03. The van der Waals surface area contributed by atoms with E-state index in [4.69, 9.17) is 16.6 Å². The lowest BCUT2D eigenvalue weighted by Gasteiger charge is -2.32. The zero-order chi connectivity index (χ0) is 28.4. The summed E-state index contributed by atoms with van der Waals surface area (Å²) in [6.45, 7) is 1.23. The minimum Gasteiger partial charge on any atom is -0.357 e. The number of carbonyl (C=O) groups is 1. The van der Waals surface area contributed by atoms with Crippen molar-refractivity contribution in [1.29, 1.82) is 0 Å². The molecular formula is C34H37ClN4OS. The Bertz CT molecular complexity index is 1400. The zero-order valence-electron chi connectivity index (χ0n) is 23.6. The molecule has 1 aliphatic rings. The van der Waals surface area contributed by atoms with Crippen LogP contribution < -0.4 is 4.90 Å². The van der Waals surface area contributed by atoms with Crippen molar-refractivity contribution in [3.63, 3.8) is 0 Å². The van der Waals surface area contributed by atoms with Crippen molar-refractivity contribution in [3.05, 3.63) is 118 Å². The molecule has 41 heavy (non-hydrogen) atoms. The Hall–Kier alpha value is -3.35. The minimum absolute atomic E-state index is 0.0394. The van der Waals surface area contributed by atoms with Gasteiger partial charge in [-0.25, -0.2) is 9.97 Å². The molecule has 0 aliphatic heterocycles. The summed E-state index contributed by atoms with van der Waals surface area (Å²) in [5, 5.41) is 1.14. The van der Waals surface area contributed by atoms with Gasteiger partial charge in [0.25, 0.3) is 5.91 Å². The number of halogens is 1. The average molecular weight is 585 g/mol. The highest BCUT2D eigenvalue weighted by molar-refractivity contribution is 7.98. The van der Waals surface area contributed by atoms with Gasteiger partial charge in [0.1, 0.15) is 11.0 Å². The van der Waals surface area contributed by atoms with Gasteiger partial charge in [0.05, 0.1) is 0 Å². The Morgan fingerprint density at radius 3 is 2.20 bits per heavy atom. The van der Waals surface area contributed by atoms with Crippen molar-refractivity contribution in [2.24, 2.45) is 0 Å². The third-order valence-corrected chi connectivity index (χ3v) is 8.84. The summed E-state index contributed by atoms with van der Waals surface area (Å²) >= 11 is 7.95. The first-order chi connectivity index (χ1) is 20.0. The largest absolute Gasteiger partial charge is 0.357 e. The summed E-state index contributed by atoms with van der Waals surface area (Å²) in [5.41, 5.74) is 4.15. The topological polar surface area (TPSA) is 49.3 Å². The molecule has 0 spiro atoms. The number of amides is 1. The fourth-order valence-corrected chi connectivity index (χ4v) is 6.36. The fraction of sp³-hybridized carbons (Fsp3) is 0.324. The van der Waals surface area contributed by atoms with Crippen LogP contribution in [0.1, 0.15) is 59.2 Å². The predicted molar refractivity (Wildman–Crippen MR) is 170 cm³/mol. The van der Waals surface area contributed by atoms with E-state index < -0.39 is 0 Å². The molecule has 1 aromatic heterocycles. The molecule has 5 rings (SSSR count). The maximum absolute atomic E-state index is 13.6. The van der Waals surface area contributed by atoms with Crippen molar-refractivity contribution < 1.29 is 4.79 Å². The smallest absolute Gasteiger partial charge is 0.254 e. The third-order valence-electron chi connectivity index (χ3n) is 7.73. The highest BCUT2D eigenvalue weighted by Crippen LogP contribution is 2.29. The molecule has 0 saturated heterocycles. The molecular weight excluding hydrogens is 548 g/mol. The molecule has 3 aromatic carbocycles. The number of hydrogen-bond acceptors (Lipinski definition) is 5. The Balaban J connectivity index is 1.23. The first-order valence-corrected chi connectivity index (χ1v) is 15.8. The molecule has 5 nitrogen and oxygen atoms in total. The maximum atomic E-state index is 13.6. The van der Waals surface area contributed by atoms with Crippen molar-refractivity contribution in [1.82, 2.24) is 14.9 Å². The Kier molecular flexibility index (Phi) is 10.3. The van der Waals surface area contributed by atoms with Gasteiger partial charge in [-0.15, -0.1) is 0 Å². The van der Waals surface area contributed by atoms with Gasteiger partial charge in [-0.05, 0) is 48.1 Å². The molecule has 1 aliphatic carbocycles. The van der Waals surface area contributed by atoms with Crippen LogP contribution in [0.15, 0.2) is 96.2 Å². The minimum atomic E-state index is 0.0394. The molecule has 7 heteroatoms. The molecule has 4 aromatic rings. The van der Waals surface area contributed by atoms with Gasteiger partial charge in [0, 0.05) is 43.6 Å². The second-order valence-electron chi connectivity index (χ2n) is 10.7. The van der Waals surface area contributed by atoms with Crippen molar-refractivity contribution in [2.45, 2.75) is 62.0 Å². The lowest BCUT2D eigenvalue weighted by Crippen LogP contribution is -2.34. The van der Waals surface area contributed by atoms with E-state index in [0.29, 0.717) is 40.8 Å². The van der Waals surface area contributed by atoms with Gasteiger partial charge in [-0.1, -0.05) is 115 Å². The molecule has 1 fully saturated rings. The van der Waals surface area contributed by atoms with Crippen LogP contribution in [0.2, 0.25) is 5.15 Å². The first-order valence-electron chi connectivity index (χ1n) is 14.4. The molecule has 0 atom stereocenters. The van der Waals surface area contributed by atoms with Crippen molar-refractivity contribution in [3.8, 4) is 0 Å². The Labute approximate surface area is 253 Å². The number of anilines is 1. The summed E-state index contributed by atoms with van der Waals surface area (Å²) in [4.78, 5) is 27.1. The van der Waals surface area contributed by atoms with Crippen LogP contribution in [-0.2, 0) is 18.7 Å². The highest BCUT2D eigenvalue weighted by Gasteiger charge is 2.21. The molecule has 1 saturated carbocycles. The van der Waals surface area contributed by atoms with Crippen molar-refractivity contribution in [2.75, 3.05) is 18.5 Å². The number of nitrogens with zero attached hydrogens (tertiary/aromatic N) is 4. The van der Waals surface area contributed by atoms with Crippen LogP contribution >= 0.6 is 23.4 Å². The standard InChI is InChI=1S/C34H37ClN4OS/c1-38(30-15-9-4-10-16-30)32-23-31(35)36-34(37-32)41-25-28-17-19-29(20-18-28)33(40)39(24-27-13-7-3-8-14-27)22-21-26-11-5-2-6-12-26/h2-3,5-8,11-14,17-20,23,30H,4,9-10,15-16,21-22,24-25H2,1H3. The predicted octanol–water partition coefficient (Wildman–Crippen LogP) is 8.08. The van der Waals surface area contributed by atoms with E-state index in [2.05, 4.69) is 41.2 Å². The highest BCUT2D eigenvalue weighted by atomic mass is 35.5. The lowest BCUT2D eigenvalue weighted by atomic mass is 9.94. The van der Waals surface area contributed by atoms with Crippen LogP contribution in [0, 0.1) is 0 Å². The summed E-state index contributed by atoms with van der Waals surface area (Å²) in [7, 11) is 2.11. The van der Waals surface area contributed by atoms with E-state index in [1.54, 1.807) is 11.8 Å². The van der Waals surface area contributed by atoms with Crippen LogP contribution in [-0.4, -0.2) is 40.4 Å². The van der Waals surface area contributed by atoms with E-state index in [1.807, 2.05) is 71.6 Å². The van der Waals surface area contributed by atoms with Crippen LogP contribution in [0.3, 0.4) is 0 Å². The molecule has 1 amide bonds. The zero-order valence-corrected chi connectivity index (χ0v) is 25.2. The summed E-state index contributed by atoms with van der Waals surface area (Å²) in [5.74, 6) is 1.62. The second kappa shape index (κ2) is 14.5. The van der Waals surface area contributed by atoms with Gasteiger partial charge in [-0.3, -0.25) is 4.79 Å². The van der Waals surface area contributed by atoms with E-state index in [-0.39, 0.29) is 5.91 Å². The number of thioether (sulfide) groups is 1. The van der Waals surface area contributed by atoms with Crippen LogP contribution in [0.4, 0.5) is 5.82 Å². The van der Waals surface area contributed by atoms with Crippen molar-refractivity contribution >= 4 is 35.1 Å². The van der Waals surface area contributed by atoms with Gasteiger partial charge in [-0.2, -0.15) is 0 Å². The molecule has 1 heterocycles. The fourth-order valence-electron chi connectivity index (χ4n) is 5.33. The summed E-state index contributed by atoms with van der Waals surface area (Å²) in [6, 6.07) is 30.8. The van der Waals surface area contributed by atoms with E-state index >= 15 is 0 Å². The normalized spacial score (nSPS) is 13.6. The number of carbonyl (C=O) groups excluding carboxylic acids is 1. The monoisotopic (exact) mass is 584 g/mol. The second-order valence-corrected chi connectivity index (χ2v) is 12.0. The van der Waals surface area contributed by atoms with Gasteiger partial charge < -0.3 is 9.80 Å². The molecule has 0 bridgehead atoms. The van der Waals surface area contributed by atoms with Gasteiger partial charge in [0.15, 0.2) is 5.16 Å². The van der Waals surface area contributed by atoms with E-state index in [1.165, 1.54) is 37.7 Å². The SMILES string of the molecule is CN(c1cc(Cl)nc(SCc2ccc(C(=O)N(CCc3ccccc3)Cc3ccccc3)cc2)n1)C1CCCCC1. The van der Waals surface area contributed by atoms with Gasteiger partial charge >= 0.3 is 0 Å². The number of benzene rings is 3. The molecule has 0 N–H and O–H groups in total. The summed E-state index contributed by atoms with van der Waals surface area (Å²) < 4.78 is 0.